The van der Waals surface area contributed by atoms with Crippen LogP contribution < -0.4 is 0 Å². The van der Waals surface area contributed by atoms with Crippen LogP contribution in [-0.2, 0) is 19.1 Å². The van der Waals surface area contributed by atoms with Gasteiger partial charge in [0.25, 0.3) is 0 Å². The Morgan fingerprint density at radius 2 is 2.14 bits per heavy atom. The molecule has 0 saturated carbocycles. The van der Waals surface area contributed by atoms with Crippen LogP contribution in [0.1, 0.15) is 32.6 Å². The summed E-state index contributed by atoms with van der Waals surface area (Å²) in [5, 5.41) is 9.25. The van der Waals surface area contributed by atoms with Crippen LogP contribution in [0.2, 0.25) is 0 Å². The number of hydrogen-bond acceptors (Lipinski definition) is 6. The van der Waals surface area contributed by atoms with Gasteiger partial charge in [-0.2, -0.15) is 5.26 Å². The highest BCUT2D eigenvalue weighted by Gasteiger charge is 2.21. The zero-order valence-corrected chi connectivity index (χ0v) is 12.4. The van der Waals surface area contributed by atoms with Crippen LogP contribution in [0.15, 0.2) is 12.7 Å². The van der Waals surface area contributed by atoms with Crippen LogP contribution in [0.25, 0.3) is 0 Å². The predicted octanol–water partition coefficient (Wildman–Crippen LogP) is 1.42. The smallest absolute Gasteiger partial charge is 0.307 e. The molecule has 1 saturated heterocycles. The standard InChI is InChI=1S/C15H22N2O4/c1-3-8-17-9-6-15(19)21-12(2)7-10-20-14(18)5-4-13(17)11-16/h3,12-13H,1,4-10H2,2H3. The van der Waals surface area contributed by atoms with Crippen LogP contribution >= 0.6 is 0 Å². The molecule has 1 aliphatic rings. The van der Waals surface area contributed by atoms with E-state index in [9.17, 15) is 14.9 Å². The van der Waals surface area contributed by atoms with Gasteiger partial charge in [0.15, 0.2) is 0 Å². The molecular weight excluding hydrogens is 272 g/mol. The Morgan fingerprint density at radius 3 is 2.81 bits per heavy atom. The van der Waals surface area contributed by atoms with Crippen molar-refractivity contribution < 1.29 is 19.1 Å². The molecule has 116 valence electrons. The molecule has 0 amide bonds. The number of nitrogens with zero attached hydrogens (tertiary/aromatic N) is 2. The third-order valence-electron chi connectivity index (χ3n) is 3.30. The summed E-state index contributed by atoms with van der Waals surface area (Å²) in [4.78, 5) is 25.2. The number of carbonyl (C=O) groups excluding carboxylic acids is 2. The minimum Gasteiger partial charge on any atom is -0.466 e. The number of ether oxygens (including phenoxy) is 2. The Morgan fingerprint density at radius 1 is 1.38 bits per heavy atom. The first-order valence-corrected chi connectivity index (χ1v) is 7.16. The van der Waals surface area contributed by atoms with Gasteiger partial charge in [0, 0.05) is 25.9 Å². The molecule has 0 spiro atoms. The fraction of sp³-hybridized carbons (Fsp3) is 0.667. The molecule has 2 atom stereocenters. The average molecular weight is 294 g/mol. The molecule has 1 heterocycles. The predicted molar refractivity (Wildman–Crippen MR) is 76.2 cm³/mol. The summed E-state index contributed by atoms with van der Waals surface area (Å²) in [5.41, 5.74) is 0. The van der Waals surface area contributed by atoms with E-state index in [1.54, 1.807) is 13.0 Å². The molecule has 0 aliphatic carbocycles. The lowest BCUT2D eigenvalue weighted by Crippen LogP contribution is -2.36. The molecular formula is C15H22N2O4. The lowest BCUT2D eigenvalue weighted by molar-refractivity contribution is -0.150. The minimum absolute atomic E-state index is 0.190. The maximum atomic E-state index is 11.7. The van der Waals surface area contributed by atoms with Crippen molar-refractivity contribution in [3.63, 3.8) is 0 Å². The quantitative estimate of drug-likeness (QED) is 0.566. The van der Waals surface area contributed by atoms with Crippen LogP contribution in [0.3, 0.4) is 0 Å². The van der Waals surface area contributed by atoms with Gasteiger partial charge < -0.3 is 9.47 Å². The molecule has 2 unspecified atom stereocenters. The lowest BCUT2D eigenvalue weighted by Gasteiger charge is -2.25. The fourth-order valence-corrected chi connectivity index (χ4v) is 2.11. The van der Waals surface area contributed by atoms with Crippen molar-refractivity contribution in [2.45, 2.75) is 44.8 Å². The molecule has 1 aliphatic heterocycles. The van der Waals surface area contributed by atoms with Crippen molar-refractivity contribution in [2.24, 2.45) is 0 Å². The monoisotopic (exact) mass is 294 g/mol. The van der Waals surface area contributed by atoms with Crippen molar-refractivity contribution in [3.05, 3.63) is 12.7 Å². The maximum Gasteiger partial charge on any atom is 0.307 e. The largest absolute Gasteiger partial charge is 0.466 e. The van der Waals surface area contributed by atoms with Gasteiger partial charge in [-0.1, -0.05) is 6.08 Å². The van der Waals surface area contributed by atoms with Crippen molar-refractivity contribution in [1.82, 2.24) is 4.90 Å². The van der Waals surface area contributed by atoms with E-state index in [1.165, 1.54) is 0 Å². The molecule has 0 aromatic heterocycles. The van der Waals surface area contributed by atoms with Gasteiger partial charge in [-0.3, -0.25) is 14.5 Å². The van der Waals surface area contributed by atoms with Gasteiger partial charge in [0.2, 0.25) is 0 Å². The third kappa shape index (κ3) is 6.41. The highest BCUT2D eigenvalue weighted by molar-refractivity contribution is 5.70. The number of cyclic esters (lactones) is 2. The second kappa shape index (κ2) is 9.14. The number of carbonyl (C=O) groups is 2. The molecule has 6 heteroatoms. The zero-order valence-electron chi connectivity index (χ0n) is 12.4. The topological polar surface area (TPSA) is 79.6 Å². The molecule has 1 rings (SSSR count). The number of nitriles is 1. The summed E-state index contributed by atoms with van der Waals surface area (Å²) in [6, 6.07) is 1.73. The molecule has 0 bridgehead atoms. The van der Waals surface area contributed by atoms with E-state index in [4.69, 9.17) is 9.47 Å². The second-order valence-electron chi connectivity index (χ2n) is 5.03. The lowest BCUT2D eigenvalue weighted by atomic mass is 10.1. The van der Waals surface area contributed by atoms with Gasteiger partial charge >= 0.3 is 11.9 Å². The first-order chi connectivity index (χ1) is 10.1. The molecule has 0 radical (unpaired) electrons. The Kier molecular flexibility index (Phi) is 7.48. The summed E-state index contributed by atoms with van der Waals surface area (Å²) in [5.74, 6) is -0.634. The van der Waals surface area contributed by atoms with Gasteiger partial charge in [0.1, 0.15) is 6.10 Å². The summed E-state index contributed by atoms with van der Waals surface area (Å²) >= 11 is 0. The first-order valence-electron chi connectivity index (χ1n) is 7.16. The van der Waals surface area contributed by atoms with E-state index in [0.717, 1.165) is 0 Å². The van der Waals surface area contributed by atoms with Crippen LogP contribution in [0.4, 0.5) is 0 Å². The molecule has 21 heavy (non-hydrogen) atoms. The Hall–Kier alpha value is -1.87. The summed E-state index contributed by atoms with van der Waals surface area (Å²) < 4.78 is 10.3. The molecule has 6 nitrogen and oxygen atoms in total. The van der Waals surface area contributed by atoms with Crippen LogP contribution in [-0.4, -0.2) is 48.7 Å². The van der Waals surface area contributed by atoms with Gasteiger partial charge in [-0.25, -0.2) is 0 Å². The molecule has 1 fully saturated rings. The fourth-order valence-electron chi connectivity index (χ4n) is 2.11. The van der Waals surface area contributed by atoms with Gasteiger partial charge in [-0.15, -0.1) is 6.58 Å². The molecule has 0 aromatic carbocycles. The van der Waals surface area contributed by atoms with Crippen molar-refractivity contribution in [1.29, 1.82) is 5.26 Å². The first kappa shape index (κ1) is 17.2. The van der Waals surface area contributed by atoms with E-state index in [2.05, 4.69) is 12.6 Å². The van der Waals surface area contributed by atoms with Crippen LogP contribution in [0, 0.1) is 11.3 Å². The number of rotatable bonds is 2. The van der Waals surface area contributed by atoms with E-state index in [-0.39, 0.29) is 37.5 Å². The van der Waals surface area contributed by atoms with Crippen molar-refractivity contribution in [2.75, 3.05) is 19.7 Å². The van der Waals surface area contributed by atoms with Gasteiger partial charge in [0.05, 0.1) is 25.1 Å². The van der Waals surface area contributed by atoms with E-state index in [0.29, 0.717) is 25.9 Å². The van der Waals surface area contributed by atoms with E-state index in [1.807, 2.05) is 4.90 Å². The molecule has 0 N–H and O–H groups in total. The van der Waals surface area contributed by atoms with Crippen molar-refractivity contribution in [3.8, 4) is 6.07 Å². The van der Waals surface area contributed by atoms with Gasteiger partial charge in [-0.05, 0) is 13.3 Å². The normalized spacial score (nSPS) is 26.3. The van der Waals surface area contributed by atoms with E-state index >= 15 is 0 Å². The highest BCUT2D eigenvalue weighted by atomic mass is 16.6. The van der Waals surface area contributed by atoms with Crippen LogP contribution in [0.5, 0.6) is 0 Å². The molecule has 0 aromatic rings. The number of hydrogen-bond donors (Lipinski definition) is 0. The summed E-state index contributed by atoms with van der Waals surface area (Å²) in [7, 11) is 0. The SMILES string of the molecule is C=CCN1CCC(=O)OC(C)CCOC(=O)CCC1C#N. The second-order valence-corrected chi connectivity index (χ2v) is 5.03. The van der Waals surface area contributed by atoms with Crippen molar-refractivity contribution >= 4 is 11.9 Å². The third-order valence-corrected chi connectivity index (χ3v) is 3.30. The minimum atomic E-state index is -0.443. The highest BCUT2D eigenvalue weighted by Crippen LogP contribution is 2.11. The van der Waals surface area contributed by atoms with E-state index < -0.39 is 6.04 Å². The average Bonchev–Trinajstić information content (AvgIpc) is 2.45. The Balaban J connectivity index is 2.76. The zero-order chi connectivity index (χ0) is 15.7. The summed E-state index contributed by atoms with van der Waals surface area (Å²) in [6.45, 7) is 6.54. The maximum absolute atomic E-state index is 11.7. The Labute approximate surface area is 125 Å². The number of esters is 2. The summed E-state index contributed by atoms with van der Waals surface area (Å²) in [6.07, 6.45) is 2.66. The Bertz CT molecular complexity index is 416.